The molecule has 5 nitrogen and oxygen atoms in total. The average Bonchev–Trinajstić information content (AvgIpc) is 3.03. The molecule has 0 saturated carbocycles. The van der Waals surface area contributed by atoms with Crippen LogP contribution in [-0.2, 0) is 0 Å². The molecule has 0 unspecified atom stereocenters. The van der Waals surface area contributed by atoms with Gasteiger partial charge in [0.2, 0.25) is 0 Å². The lowest BCUT2D eigenvalue weighted by Crippen LogP contribution is -2.17. The van der Waals surface area contributed by atoms with Crippen LogP contribution in [0.1, 0.15) is 10.4 Å². The Kier molecular flexibility index (Phi) is 4.66. The molecular weight excluding hydrogens is 355 g/mol. The number of pyridine rings is 1. The zero-order valence-corrected chi connectivity index (χ0v) is 13.3. The van der Waals surface area contributed by atoms with E-state index in [9.17, 15) is 18.0 Å². The van der Waals surface area contributed by atoms with Crippen LogP contribution in [0.3, 0.4) is 0 Å². The van der Waals surface area contributed by atoms with E-state index in [0.717, 1.165) is 12.1 Å². The van der Waals surface area contributed by atoms with Gasteiger partial charge in [-0.25, -0.2) is 4.98 Å². The molecule has 1 aromatic carbocycles. The molecule has 2 heterocycles. The minimum Gasteiger partial charge on any atom is -0.406 e. The molecule has 0 atom stereocenters. The molecule has 0 spiro atoms. The molecule has 0 fully saturated rings. The van der Waals surface area contributed by atoms with E-state index in [0.29, 0.717) is 16.5 Å². The third-order valence-electron chi connectivity index (χ3n) is 3.00. The molecule has 1 N–H and O–H groups in total. The summed E-state index contributed by atoms with van der Waals surface area (Å²) in [6.45, 7) is 0. The van der Waals surface area contributed by atoms with Crippen molar-refractivity contribution in [3.8, 4) is 17.1 Å². The zero-order chi connectivity index (χ0) is 17.9. The van der Waals surface area contributed by atoms with Gasteiger partial charge in [0.15, 0.2) is 5.13 Å². The summed E-state index contributed by atoms with van der Waals surface area (Å²) < 4.78 is 40.1. The van der Waals surface area contributed by atoms with Gasteiger partial charge in [0, 0.05) is 17.1 Å². The molecule has 25 heavy (non-hydrogen) atoms. The van der Waals surface area contributed by atoms with Gasteiger partial charge in [-0.05, 0) is 36.4 Å². The molecule has 0 aliphatic rings. The van der Waals surface area contributed by atoms with Gasteiger partial charge >= 0.3 is 6.36 Å². The van der Waals surface area contributed by atoms with Gasteiger partial charge in [-0.15, -0.1) is 24.5 Å². The quantitative estimate of drug-likeness (QED) is 0.746. The van der Waals surface area contributed by atoms with Crippen molar-refractivity contribution in [1.29, 1.82) is 0 Å². The first kappa shape index (κ1) is 16.9. The standard InChI is InChI=1S/C16H10F3N3O2S/c17-16(18,19)24-11-6-4-10(5-7-11)14(23)22-15-21-13(9-25-15)12-3-1-2-8-20-12/h1-9H,(H,21,22,23). The highest BCUT2D eigenvalue weighted by Gasteiger charge is 2.31. The summed E-state index contributed by atoms with van der Waals surface area (Å²) in [5.41, 5.74) is 1.48. The first-order chi connectivity index (χ1) is 11.9. The number of aromatic nitrogens is 2. The second kappa shape index (κ2) is 6.89. The summed E-state index contributed by atoms with van der Waals surface area (Å²) >= 11 is 1.22. The van der Waals surface area contributed by atoms with Gasteiger partial charge in [0.25, 0.3) is 5.91 Å². The third kappa shape index (κ3) is 4.54. The Bertz CT molecular complexity index is 864. The summed E-state index contributed by atoms with van der Waals surface area (Å²) in [4.78, 5) is 20.6. The maximum absolute atomic E-state index is 12.1. The van der Waals surface area contributed by atoms with Crippen molar-refractivity contribution in [2.24, 2.45) is 0 Å². The Labute approximate surface area is 144 Å². The number of carbonyl (C=O) groups is 1. The number of nitrogens with zero attached hydrogens (tertiary/aromatic N) is 2. The second-order valence-corrected chi connectivity index (χ2v) is 5.64. The van der Waals surface area contributed by atoms with Crippen LogP contribution < -0.4 is 10.1 Å². The molecule has 3 rings (SSSR count). The predicted molar refractivity (Wildman–Crippen MR) is 86.4 cm³/mol. The third-order valence-corrected chi connectivity index (χ3v) is 3.76. The molecule has 1 amide bonds. The number of thiazole rings is 1. The van der Waals surface area contributed by atoms with E-state index in [2.05, 4.69) is 20.0 Å². The molecule has 9 heteroatoms. The Hall–Kier alpha value is -2.94. The highest BCUT2D eigenvalue weighted by molar-refractivity contribution is 7.14. The fourth-order valence-corrected chi connectivity index (χ4v) is 2.64. The van der Waals surface area contributed by atoms with E-state index < -0.39 is 18.0 Å². The van der Waals surface area contributed by atoms with Gasteiger partial charge in [0.1, 0.15) is 11.4 Å². The number of hydrogen-bond acceptors (Lipinski definition) is 5. The molecular formula is C16H10F3N3O2S. The van der Waals surface area contributed by atoms with Gasteiger partial charge in [0.05, 0.1) is 5.69 Å². The number of benzene rings is 1. The highest BCUT2D eigenvalue weighted by atomic mass is 32.1. The van der Waals surface area contributed by atoms with Crippen LogP contribution in [0.4, 0.5) is 18.3 Å². The number of alkyl halides is 3. The summed E-state index contributed by atoms with van der Waals surface area (Å²) in [5, 5.41) is 4.70. The van der Waals surface area contributed by atoms with E-state index in [1.54, 1.807) is 23.7 Å². The van der Waals surface area contributed by atoms with Crippen molar-refractivity contribution in [1.82, 2.24) is 9.97 Å². The van der Waals surface area contributed by atoms with E-state index in [1.807, 2.05) is 6.07 Å². The van der Waals surface area contributed by atoms with E-state index in [4.69, 9.17) is 0 Å². The van der Waals surface area contributed by atoms with Crippen LogP contribution in [0, 0.1) is 0 Å². The van der Waals surface area contributed by atoms with Crippen molar-refractivity contribution < 1.29 is 22.7 Å². The summed E-state index contributed by atoms with van der Waals surface area (Å²) in [5.74, 6) is -0.879. The monoisotopic (exact) mass is 365 g/mol. The van der Waals surface area contributed by atoms with Crippen LogP contribution >= 0.6 is 11.3 Å². The van der Waals surface area contributed by atoms with E-state index in [1.165, 1.54) is 23.5 Å². The van der Waals surface area contributed by atoms with Crippen molar-refractivity contribution in [2.45, 2.75) is 6.36 Å². The fraction of sp³-hybridized carbons (Fsp3) is 0.0625. The first-order valence-corrected chi connectivity index (χ1v) is 7.83. The lowest BCUT2D eigenvalue weighted by atomic mass is 10.2. The first-order valence-electron chi connectivity index (χ1n) is 6.95. The largest absolute Gasteiger partial charge is 0.573 e. The van der Waals surface area contributed by atoms with Crippen LogP contribution in [0.2, 0.25) is 0 Å². The fourth-order valence-electron chi connectivity index (χ4n) is 1.94. The Morgan fingerprint density at radius 2 is 1.84 bits per heavy atom. The maximum atomic E-state index is 12.1. The van der Waals surface area contributed by atoms with Crippen LogP contribution in [0.5, 0.6) is 5.75 Å². The number of carbonyl (C=O) groups excluding carboxylic acids is 1. The SMILES string of the molecule is O=C(Nc1nc(-c2ccccn2)cs1)c1ccc(OC(F)(F)F)cc1. The van der Waals surface area contributed by atoms with Gasteiger partial charge in [-0.2, -0.15) is 0 Å². The number of halogens is 3. The van der Waals surface area contributed by atoms with Gasteiger partial charge < -0.3 is 4.74 Å². The van der Waals surface area contributed by atoms with Gasteiger partial charge in [-0.3, -0.25) is 15.1 Å². The van der Waals surface area contributed by atoms with Crippen molar-refractivity contribution in [3.63, 3.8) is 0 Å². The van der Waals surface area contributed by atoms with E-state index >= 15 is 0 Å². The lowest BCUT2D eigenvalue weighted by molar-refractivity contribution is -0.274. The van der Waals surface area contributed by atoms with Crippen LogP contribution in [0.15, 0.2) is 54.0 Å². The number of rotatable bonds is 4. The smallest absolute Gasteiger partial charge is 0.406 e. The number of anilines is 1. The summed E-state index contributed by atoms with van der Waals surface area (Å²) in [6, 6.07) is 10.0. The zero-order valence-electron chi connectivity index (χ0n) is 12.4. The van der Waals surface area contributed by atoms with Gasteiger partial charge in [-0.1, -0.05) is 6.07 Å². The van der Waals surface area contributed by atoms with E-state index in [-0.39, 0.29) is 5.56 Å². The number of hydrogen-bond donors (Lipinski definition) is 1. The lowest BCUT2D eigenvalue weighted by Gasteiger charge is -2.09. The summed E-state index contributed by atoms with van der Waals surface area (Å²) in [6.07, 6.45) is -3.13. The molecule has 0 saturated heterocycles. The number of ether oxygens (including phenoxy) is 1. The molecule has 3 aromatic rings. The number of amides is 1. The Morgan fingerprint density at radius 3 is 2.48 bits per heavy atom. The van der Waals surface area contributed by atoms with Crippen LogP contribution in [0.25, 0.3) is 11.4 Å². The Morgan fingerprint density at radius 1 is 1.08 bits per heavy atom. The molecule has 0 radical (unpaired) electrons. The average molecular weight is 365 g/mol. The van der Waals surface area contributed by atoms with Crippen molar-refractivity contribution in [3.05, 3.63) is 59.6 Å². The molecule has 0 aliphatic heterocycles. The predicted octanol–water partition coefficient (Wildman–Crippen LogP) is 4.36. The van der Waals surface area contributed by atoms with Crippen molar-refractivity contribution >= 4 is 22.4 Å². The summed E-state index contributed by atoms with van der Waals surface area (Å²) in [7, 11) is 0. The van der Waals surface area contributed by atoms with Crippen LogP contribution in [-0.4, -0.2) is 22.2 Å². The maximum Gasteiger partial charge on any atom is 0.573 e. The second-order valence-electron chi connectivity index (χ2n) is 4.78. The topological polar surface area (TPSA) is 64.1 Å². The molecule has 2 aromatic heterocycles. The highest BCUT2D eigenvalue weighted by Crippen LogP contribution is 2.25. The number of nitrogens with one attached hydrogen (secondary N) is 1. The minimum atomic E-state index is -4.77. The molecule has 0 aliphatic carbocycles. The minimum absolute atomic E-state index is 0.184. The molecule has 128 valence electrons. The Balaban J connectivity index is 1.67. The normalized spacial score (nSPS) is 11.2. The molecule has 0 bridgehead atoms. The van der Waals surface area contributed by atoms with Crippen molar-refractivity contribution in [2.75, 3.05) is 5.32 Å².